The summed E-state index contributed by atoms with van der Waals surface area (Å²) < 4.78 is 0. The average Bonchev–Trinajstić information content (AvgIpc) is 2.27. The normalized spacial score (nSPS) is 13.3. The van der Waals surface area contributed by atoms with Crippen molar-refractivity contribution < 1.29 is 14.4 Å². The highest BCUT2D eigenvalue weighted by atomic mass is 32.2. The van der Waals surface area contributed by atoms with Gasteiger partial charge in [0.05, 0.1) is 4.87 Å². The highest BCUT2D eigenvalue weighted by Gasteiger charge is 2.32. The smallest absolute Gasteiger partial charge is 0.217 e. The fraction of sp³-hybridized carbons (Fsp3) is 0.615. The van der Waals surface area contributed by atoms with Crippen molar-refractivity contribution in [1.29, 1.82) is 0 Å². The van der Waals surface area contributed by atoms with Crippen LogP contribution in [0.2, 0.25) is 0 Å². The molecule has 1 unspecified atom stereocenters. The van der Waals surface area contributed by atoms with Gasteiger partial charge in [-0.3, -0.25) is 14.4 Å². The summed E-state index contributed by atoms with van der Waals surface area (Å²) in [5.41, 5.74) is 0.438. The van der Waals surface area contributed by atoms with Gasteiger partial charge < -0.3 is 10.6 Å². The lowest BCUT2D eigenvalue weighted by atomic mass is 10.1. The fourth-order valence-electron chi connectivity index (χ4n) is 1.50. The Morgan fingerprint density at radius 1 is 1.16 bits per heavy atom. The Morgan fingerprint density at radius 3 is 2.11 bits per heavy atom. The summed E-state index contributed by atoms with van der Waals surface area (Å²) in [6, 6.07) is 0. The summed E-state index contributed by atoms with van der Waals surface area (Å²) in [6.07, 6.45) is 1.06. The van der Waals surface area contributed by atoms with Gasteiger partial charge in [-0.15, -0.1) is 0 Å². The van der Waals surface area contributed by atoms with Crippen molar-refractivity contribution in [3.8, 4) is 0 Å². The molecule has 0 aliphatic heterocycles. The summed E-state index contributed by atoms with van der Waals surface area (Å²) in [7, 11) is 0. The van der Waals surface area contributed by atoms with E-state index in [2.05, 4.69) is 17.2 Å². The van der Waals surface area contributed by atoms with E-state index in [1.165, 1.54) is 13.8 Å². The molecule has 108 valence electrons. The van der Waals surface area contributed by atoms with Crippen LogP contribution in [0.25, 0.3) is 0 Å². The fourth-order valence-corrected chi connectivity index (χ4v) is 2.57. The summed E-state index contributed by atoms with van der Waals surface area (Å²) in [4.78, 5) is 33.3. The van der Waals surface area contributed by atoms with Gasteiger partial charge in [-0.05, 0) is 25.3 Å². The van der Waals surface area contributed by atoms with E-state index in [0.29, 0.717) is 25.0 Å². The summed E-state index contributed by atoms with van der Waals surface area (Å²) in [5.74, 6) is -0.337. The number of nitrogens with one attached hydrogen (secondary N) is 2. The van der Waals surface area contributed by atoms with E-state index in [0.717, 1.165) is 11.8 Å². The van der Waals surface area contributed by atoms with Crippen molar-refractivity contribution in [3.05, 3.63) is 12.2 Å². The van der Waals surface area contributed by atoms with Crippen molar-refractivity contribution in [3.63, 3.8) is 0 Å². The number of hydrogen-bond donors (Lipinski definition) is 2. The molecule has 0 saturated carbocycles. The van der Waals surface area contributed by atoms with Gasteiger partial charge in [0.25, 0.3) is 0 Å². The third-order valence-corrected chi connectivity index (χ3v) is 4.03. The Hall–Kier alpha value is -1.30. The number of carbonyl (C=O) groups excluding carboxylic acids is 3. The Kier molecular flexibility index (Phi) is 7.44. The molecule has 0 saturated heterocycles. The largest absolute Gasteiger partial charge is 0.356 e. The molecule has 0 aromatic carbocycles. The van der Waals surface area contributed by atoms with Crippen LogP contribution < -0.4 is 10.6 Å². The molecule has 19 heavy (non-hydrogen) atoms. The molecule has 0 aromatic heterocycles. The average molecular weight is 286 g/mol. The van der Waals surface area contributed by atoms with Gasteiger partial charge in [0, 0.05) is 20.4 Å². The Labute approximate surface area is 118 Å². The second kappa shape index (κ2) is 7.99. The van der Waals surface area contributed by atoms with Crippen molar-refractivity contribution in [2.45, 2.75) is 45.4 Å². The lowest BCUT2D eigenvalue weighted by molar-refractivity contribution is -0.120. The zero-order valence-electron chi connectivity index (χ0n) is 12.0. The first-order valence-electron chi connectivity index (χ1n) is 6.14. The topological polar surface area (TPSA) is 75.3 Å². The number of rotatable bonds is 7. The third kappa shape index (κ3) is 7.00. The van der Waals surface area contributed by atoms with Crippen molar-refractivity contribution in [2.75, 3.05) is 6.54 Å². The van der Waals surface area contributed by atoms with Crippen molar-refractivity contribution in [1.82, 2.24) is 10.6 Å². The van der Waals surface area contributed by atoms with Gasteiger partial charge in [-0.2, -0.15) is 0 Å². The third-order valence-electron chi connectivity index (χ3n) is 2.51. The molecule has 5 nitrogen and oxygen atoms in total. The first-order valence-corrected chi connectivity index (χ1v) is 6.96. The number of amides is 2. The van der Waals surface area contributed by atoms with E-state index in [1.54, 1.807) is 6.92 Å². The van der Waals surface area contributed by atoms with E-state index in [-0.39, 0.29) is 16.9 Å². The van der Waals surface area contributed by atoms with Crippen LogP contribution in [0.15, 0.2) is 12.2 Å². The highest BCUT2D eigenvalue weighted by Crippen LogP contribution is 2.32. The van der Waals surface area contributed by atoms with Crippen molar-refractivity contribution in [2.24, 2.45) is 0 Å². The number of hydrogen-bond acceptors (Lipinski definition) is 4. The maximum absolute atomic E-state index is 11.8. The molecule has 0 aliphatic carbocycles. The highest BCUT2D eigenvalue weighted by molar-refractivity contribution is 8.15. The SMILES string of the molecule is C=C(C)C(=O)SC(CC)(CCNC(C)=O)NC(C)=O. The van der Waals surface area contributed by atoms with Gasteiger partial charge in [0.2, 0.25) is 16.9 Å². The second-order valence-corrected chi connectivity index (χ2v) is 5.79. The predicted octanol–water partition coefficient (Wildman–Crippen LogP) is 1.59. The second-order valence-electron chi connectivity index (χ2n) is 4.43. The summed E-state index contributed by atoms with van der Waals surface area (Å²) >= 11 is 1.06. The van der Waals surface area contributed by atoms with Crippen LogP contribution in [-0.4, -0.2) is 28.3 Å². The molecule has 1 atom stereocenters. The predicted molar refractivity (Wildman–Crippen MR) is 77.6 cm³/mol. The van der Waals surface area contributed by atoms with Gasteiger partial charge in [0.1, 0.15) is 0 Å². The Bertz CT molecular complexity index is 382. The van der Waals surface area contributed by atoms with E-state index >= 15 is 0 Å². The van der Waals surface area contributed by atoms with Crippen LogP contribution in [0, 0.1) is 0 Å². The van der Waals surface area contributed by atoms with Crippen LogP contribution in [0.4, 0.5) is 0 Å². The lowest BCUT2D eigenvalue weighted by Crippen LogP contribution is -2.47. The van der Waals surface area contributed by atoms with Crippen LogP contribution in [-0.2, 0) is 14.4 Å². The molecule has 0 spiro atoms. The van der Waals surface area contributed by atoms with Crippen molar-refractivity contribution >= 4 is 28.7 Å². The lowest BCUT2D eigenvalue weighted by Gasteiger charge is -2.32. The molecule has 0 rings (SSSR count). The van der Waals surface area contributed by atoms with E-state index in [1.807, 2.05) is 6.92 Å². The zero-order chi connectivity index (χ0) is 15.1. The maximum atomic E-state index is 11.8. The first-order chi connectivity index (χ1) is 8.72. The van der Waals surface area contributed by atoms with Gasteiger partial charge >= 0.3 is 0 Å². The summed E-state index contributed by atoms with van der Waals surface area (Å²) in [6.45, 7) is 10.4. The Balaban J connectivity index is 4.86. The molecular weight excluding hydrogens is 264 g/mol. The minimum absolute atomic E-state index is 0.135. The zero-order valence-corrected chi connectivity index (χ0v) is 12.8. The molecule has 2 N–H and O–H groups in total. The first kappa shape index (κ1) is 17.7. The molecule has 2 amide bonds. The van der Waals surface area contributed by atoms with Crippen LogP contribution >= 0.6 is 11.8 Å². The van der Waals surface area contributed by atoms with Gasteiger partial charge in [0.15, 0.2) is 0 Å². The summed E-state index contributed by atoms with van der Waals surface area (Å²) in [5, 5.41) is 5.33. The van der Waals surface area contributed by atoms with E-state index < -0.39 is 4.87 Å². The molecule has 0 heterocycles. The number of carbonyl (C=O) groups is 3. The van der Waals surface area contributed by atoms with Crippen LogP contribution in [0.1, 0.15) is 40.5 Å². The number of thioether (sulfide) groups is 1. The minimum Gasteiger partial charge on any atom is -0.356 e. The standard InChI is InChI=1S/C13H22N2O3S/c1-6-13(15-11(5)17,7-8-14-10(4)16)19-12(18)9(2)3/h2,6-8H2,1,3-5H3,(H,14,16)(H,15,17). The molecule has 0 aliphatic rings. The minimum atomic E-state index is -0.704. The van der Waals surface area contributed by atoms with E-state index in [9.17, 15) is 14.4 Å². The molecule has 6 heteroatoms. The van der Waals surface area contributed by atoms with Gasteiger partial charge in [-0.25, -0.2) is 0 Å². The van der Waals surface area contributed by atoms with Crippen LogP contribution in [0.5, 0.6) is 0 Å². The van der Waals surface area contributed by atoms with E-state index in [4.69, 9.17) is 0 Å². The molecule has 0 aromatic rings. The van der Waals surface area contributed by atoms with Gasteiger partial charge in [-0.1, -0.05) is 25.3 Å². The monoisotopic (exact) mass is 286 g/mol. The molecule has 0 fully saturated rings. The molecular formula is C13H22N2O3S. The maximum Gasteiger partial charge on any atom is 0.217 e. The molecule has 0 radical (unpaired) electrons. The van der Waals surface area contributed by atoms with Crippen LogP contribution in [0.3, 0.4) is 0 Å². The quantitative estimate of drug-likeness (QED) is 0.550. The molecule has 0 bridgehead atoms. The Morgan fingerprint density at radius 2 is 1.74 bits per heavy atom.